The van der Waals surface area contributed by atoms with Gasteiger partial charge in [0.1, 0.15) is 17.3 Å². The van der Waals surface area contributed by atoms with Crippen LogP contribution in [0.15, 0.2) is 36.5 Å². The van der Waals surface area contributed by atoms with Gasteiger partial charge in [-0.15, -0.1) is 0 Å². The molecule has 4 heterocycles. The minimum absolute atomic E-state index is 0.0131. The van der Waals surface area contributed by atoms with Gasteiger partial charge in [-0.2, -0.15) is 0 Å². The third kappa shape index (κ3) is 3.29. The molecule has 0 radical (unpaired) electrons. The summed E-state index contributed by atoms with van der Waals surface area (Å²) in [6.07, 6.45) is 3.55. The molecule has 2 aromatic heterocycles. The number of fused-ring (bicyclic) bond motifs is 2. The minimum Gasteiger partial charge on any atom is -0.373 e. The van der Waals surface area contributed by atoms with Crippen molar-refractivity contribution >= 4 is 22.5 Å². The second-order valence-electron chi connectivity index (χ2n) is 8.21. The number of hydrogen-bond acceptors (Lipinski definition) is 6. The summed E-state index contributed by atoms with van der Waals surface area (Å²) < 4.78 is 0. The molecule has 3 aromatic rings. The lowest BCUT2D eigenvalue weighted by atomic mass is 10.0. The van der Waals surface area contributed by atoms with Crippen molar-refractivity contribution in [3.63, 3.8) is 0 Å². The van der Waals surface area contributed by atoms with Crippen molar-refractivity contribution in [2.45, 2.75) is 25.3 Å². The third-order valence-corrected chi connectivity index (χ3v) is 6.23. The van der Waals surface area contributed by atoms with Gasteiger partial charge < -0.3 is 15.1 Å². The molecule has 1 atom stereocenters. The monoisotopic (exact) mass is 402 g/mol. The van der Waals surface area contributed by atoms with Crippen LogP contribution in [-0.2, 0) is 13.0 Å². The van der Waals surface area contributed by atoms with E-state index in [1.54, 1.807) is 6.20 Å². The van der Waals surface area contributed by atoms with Crippen LogP contribution in [0.1, 0.15) is 39.9 Å². The van der Waals surface area contributed by atoms with E-state index in [-0.39, 0.29) is 11.8 Å². The lowest BCUT2D eigenvalue weighted by Gasteiger charge is -2.26. The van der Waals surface area contributed by atoms with E-state index in [1.807, 2.05) is 42.3 Å². The first-order chi connectivity index (χ1) is 14.6. The molecule has 1 N–H and O–H groups in total. The summed E-state index contributed by atoms with van der Waals surface area (Å²) in [6.45, 7) is 3.19. The van der Waals surface area contributed by atoms with E-state index in [0.717, 1.165) is 54.0 Å². The summed E-state index contributed by atoms with van der Waals surface area (Å²) in [5.41, 5.74) is 2.86. The van der Waals surface area contributed by atoms with Gasteiger partial charge in [0.25, 0.3) is 5.91 Å². The average molecular weight is 403 g/mol. The van der Waals surface area contributed by atoms with Crippen LogP contribution < -0.4 is 5.32 Å². The van der Waals surface area contributed by atoms with E-state index in [1.165, 1.54) is 5.56 Å². The number of anilines is 1. The first-order valence-electron chi connectivity index (χ1n) is 10.5. The van der Waals surface area contributed by atoms with E-state index < -0.39 is 0 Å². The quantitative estimate of drug-likeness (QED) is 0.726. The van der Waals surface area contributed by atoms with Crippen LogP contribution in [0, 0.1) is 0 Å². The highest BCUT2D eigenvalue weighted by atomic mass is 16.2. The summed E-state index contributed by atoms with van der Waals surface area (Å²) >= 11 is 0. The number of aromatic nitrogens is 3. The molecule has 7 nitrogen and oxygen atoms in total. The Kier molecular flexibility index (Phi) is 4.83. The molecular formula is C23H26N6O. The van der Waals surface area contributed by atoms with Crippen LogP contribution in [0.4, 0.5) is 5.82 Å². The van der Waals surface area contributed by atoms with Gasteiger partial charge in [-0.1, -0.05) is 24.3 Å². The zero-order valence-electron chi connectivity index (χ0n) is 17.4. The van der Waals surface area contributed by atoms with Gasteiger partial charge in [0.05, 0.1) is 5.69 Å². The smallest absolute Gasteiger partial charge is 0.273 e. The summed E-state index contributed by atoms with van der Waals surface area (Å²) in [4.78, 5) is 31.6. The van der Waals surface area contributed by atoms with Crippen molar-refractivity contribution < 1.29 is 4.79 Å². The molecule has 2 aliphatic heterocycles. The maximum absolute atomic E-state index is 13.2. The molecule has 5 rings (SSSR count). The van der Waals surface area contributed by atoms with Crippen LogP contribution >= 0.6 is 0 Å². The number of likely N-dealkylation sites (tertiary alicyclic amines) is 1. The number of benzene rings is 1. The van der Waals surface area contributed by atoms with Crippen molar-refractivity contribution in [3.05, 3.63) is 59.3 Å². The van der Waals surface area contributed by atoms with Crippen molar-refractivity contribution in [3.8, 4) is 0 Å². The Balaban J connectivity index is 1.41. The van der Waals surface area contributed by atoms with Crippen LogP contribution in [0.2, 0.25) is 0 Å². The van der Waals surface area contributed by atoms with Gasteiger partial charge in [-0.25, -0.2) is 9.97 Å². The number of nitrogens with one attached hydrogen (secondary N) is 1. The number of pyridine rings is 1. The maximum atomic E-state index is 13.2. The Bertz CT molecular complexity index is 1110. The number of carbonyl (C=O) groups is 1. The van der Waals surface area contributed by atoms with Crippen LogP contribution in [-0.4, -0.2) is 64.4 Å². The molecule has 0 bridgehead atoms. The van der Waals surface area contributed by atoms with E-state index >= 15 is 0 Å². The number of likely N-dealkylation sites (N-methyl/N-ethyl adjacent to an activating group) is 1. The summed E-state index contributed by atoms with van der Waals surface area (Å²) in [7, 11) is 4.04. The molecule has 154 valence electrons. The summed E-state index contributed by atoms with van der Waals surface area (Å²) in [6, 6.07) is 9.84. The minimum atomic E-state index is -0.0131. The van der Waals surface area contributed by atoms with Crippen molar-refractivity contribution in [1.82, 2.24) is 24.8 Å². The molecular weight excluding hydrogens is 376 g/mol. The van der Waals surface area contributed by atoms with E-state index in [2.05, 4.69) is 22.2 Å². The predicted molar refractivity (Wildman–Crippen MR) is 117 cm³/mol. The third-order valence-electron chi connectivity index (χ3n) is 6.23. The maximum Gasteiger partial charge on any atom is 0.273 e. The molecule has 1 fully saturated rings. The molecule has 0 spiro atoms. The highest BCUT2D eigenvalue weighted by Crippen LogP contribution is 2.30. The van der Waals surface area contributed by atoms with Crippen molar-refractivity contribution in [1.29, 1.82) is 0 Å². The molecule has 0 aliphatic carbocycles. The van der Waals surface area contributed by atoms with Gasteiger partial charge in [0.15, 0.2) is 0 Å². The summed E-state index contributed by atoms with van der Waals surface area (Å²) in [5.74, 6) is 1.91. The molecule has 30 heavy (non-hydrogen) atoms. The fourth-order valence-electron chi connectivity index (χ4n) is 4.57. The Hall–Kier alpha value is -3.06. The molecule has 1 amide bonds. The number of amides is 1. The molecule has 1 aromatic carbocycles. The first-order valence-corrected chi connectivity index (χ1v) is 10.5. The highest BCUT2D eigenvalue weighted by Gasteiger charge is 2.32. The van der Waals surface area contributed by atoms with Crippen LogP contribution in [0.5, 0.6) is 0 Å². The highest BCUT2D eigenvalue weighted by molar-refractivity contribution is 6.05. The Morgan fingerprint density at radius 2 is 2.03 bits per heavy atom. The summed E-state index contributed by atoms with van der Waals surface area (Å²) in [5, 5.41) is 5.19. The topological polar surface area (TPSA) is 74.2 Å². The second-order valence-corrected chi connectivity index (χ2v) is 8.21. The molecule has 2 aliphatic rings. The fourth-order valence-corrected chi connectivity index (χ4v) is 4.57. The normalized spacial score (nSPS) is 19.1. The van der Waals surface area contributed by atoms with Gasteiger partial charge in [-0.05, 0) is 31.3 Å². The predicted octanol–water partition coefficient (Wildman–Crippen LogP) is 2.68. The zero-order chi connectivity index (χ0) is 20.7. The Morgan fingerprint density at radius 3 is 2.90 bits per heavy atom. The van der Waals surface area contributed by atoms with Crippen LogP contribution in [0.3, 0.4) is 0 Å². The average Bonchev–Trinajstić information content (AvgIpc) is 3.27. The SMILES string of the molecule is CNc1nc(C2CCN(C(=O)c3nccc4ccccc34)C2)nc2c1CCN(C)C2. The van der Waals surface area contributed by atoms with Crippen molar-refractivity contribution in [2.24, 2.45) is 0 Å². The Labute approximate surface area is 176 Å². The number of hydrogen-bond donors (Lipinski definition) is 1. The standard InChI is InChI=1S/C23H26N6O/c1-24-22-18-9-11-28(2)14-19(18)26-21(27-22)16-8-12-29(13-16)23(30)20-17-6-4-3-5-15(17)7-10-25-20/h3-7,10,16H,8-9,11-14H2,1-2H3,(H,24,26,27). The largest absolute Gasteiger partial charge is 0.373 e. The van der Waals surface area contributed by atoms with Crippen molar-refractivity contribution in [2.75, 3.05) is 39.0 Å². The number of nitrogens with zero attached hydrogens (tertiary/aromatic N) is 5. The molecule has 1 saturated heterocycles. The van der Waals surface area contributed by atoms with E-state index in [0.29, 0.717) is 18.8 Å². The molecule has 7 heteroatoms. The van der Waals surface area contributed by atoms with Crippen LogP contribution in [0.25, 0.3) is 10.8 Å². The number of carbonyl (C=O) groups excluding carboxylic acids is 1. The lowest BCUT2D eigenvalue weighted by Crippen LogP contribution is -2.30. The fraction of sp³-hybridized carbons (Fsp3) is 0.391. The zero-order valence-corrected chi connectivity index (χ0v) is 17.4. The molecule has 0 saturated carbocycles. The molecule has 1 unspecified atom stereocenters. The first kappa shape index (κ1) is 18.9. The van der Waals surface area contributed by atoms with Gasteiger partial charge in [0.2, 0.25) is 0 Å². The second kappa shape index (κ2) is 7.65. The van der Waals surface area contributed by atoms with Gasteiger partial charge in [0, 0.05) is 56.3 Å². The van der Waals surface area contributed by atoms with E-state index in [9.17, 15) is 4.79 Å². The Morgan fingerprint density at radius 1 is 1.17 bits per heavy atom. The van der Waals surface area contributed by atoms with Gasteiger partial charge in [-0.3, -0.25) is 9.78 Å². The van der Waals surface area contributed by atoms with E-state index in [4.69, 9.17) is 9.97 Å². The van der Waals surface area contributed by atoms with Gasteiger partial charge >= 0.3 is 0 Å². The number of rotatable bonds is 3. The lowest BCUT2D eigenvalue weighted by molar-refractivity contribution is 0.0787.